The Labute approximate surface area is 214 Å². The van der Waals surface area contributed by atoms with Gasteiger partial charge < -0.3 is 10.3 Å². The van der Waals surface area contributed by atoms with Crippen molar-refractivity contribution >= 4 is 44.2 Å². The van der Waals surface area contributed by atoms with Crippen molar-refractivity contribution in [2.45, 2.75) is 24.2 Å². The zero-order valence-electron chi connectivity index (χ0n) is 19.6. The molecule has 1 atom stereocenters. The lowest BCUT2D eigenvalue weighted by Gasteiger charge is -2.19. The fraction of sp³-hybridized carbons (Fsp3) is 0.185. The van der Waals surface area contributed by atoms with Gasteiger partial charge in [-0.2, -0.15) is 0 Å². The summed E-state index contributed by atoms with van der Waals surface area (Å²) in [4.78, 5) is 27.4. The fourth-order valence-corrected chi connectivity index (χ4v) is 5.44. The topological polar surface area (TPSA) is 108 Å². The van der Waals surface area contributed by atoms with E-state index >= 15 is 0 Å². The van der Waals surface area contributed by atoms with Crippen LogP contribution in [0.15, 0.2) is 83.9 Å². The zero-order valence-corrected chi connectivity index (χ0v) is 21.2. The van der Waals surface area contributed by atoms with Crippen LogP contribution in [0.25, 0.3) is 10.9 Å². The first kappa shape index (κ1) is 25.6. The maximum Gasteiger partial charge on any atom is 0.240 e. The van der Waals surface area contributed by atoms with Gasteiger partial charge in [-0.3, -0.25) is 9.59 Å². The number of fused-ring (bicyclic) bond motifs is 1. The van der Waals surface area contributed by atoms with Crippen molar-refractivity contribution in [1.29, 1.82) is 0 Å². The summed E-state index contributed by atoms with van der Waals surface area (Å²) in [5.41, 5.74) is 3.18. The van der Waals surface area contributed by atoms with Crippen LogP contribution in [0.1, 0.15) is 40.7 Å². The summed E-state index contributed by atoms with van der Waals surface area (Å²) >= 11 is 6.50. The summed E-state index contributed by atoms with van der Waals surface area (Å²) in [6, 6.07) is 21.2. The highest BCUT2D eigenvalue weighted by atomic mass is 35.5. The Bertz CT molecular complexity index is 1510. The number of nitrogens with one attached hydrogen (secondary N) is 3. The van der Waals surface area contributed by atoms with E-state index in [0.29, 0.717) is 10.6 Å². The second kappa shape index (κ2) is 11.1. The number of H-pyrrole nitrogens is 1. The zero-order chi connectivity index (χ0) is 25.7. The number of ketones is 1. The average Bonchev–Trinajstić information content (AvgIpc) is 3.29. The predicted molar refractivity (Wildman–Crippen MR) is 141 cm³/mol. The lowest BCUT2D eigenvalue weighted by atomic mass is 9.90. The Morgan fingerprint density at radius 2 is 1.72 bits per heavy atom. The number of aromatic amines is 1. The summed E-state index contributed by atoms with van der Waals surface area (Å²) < 4.78 is 27.6. The lowest BCUT2D eigenvalue weighted by Crippen LogP contribution is -2.33. The number of aromatic nitrogens is 1. The third kappa shape index (κ3) is 5.84. The highest BCUT2D eigenvalue weighted by Crippen LogP contribution is 2.34. The molecule has 4 aromatic rings. The van der Waals surface area contributed by atoms with E-state index in [2.05, 4.69) is 15.0 Å². The molecule has 9 heteroatoms. The number of carbonyl (C=O) groups is 2. The Hall–Kier alpha value is -3.46. The van der Waals surface area contributed by atoms with Crippen LogP contribution in [0.3, 0.4) is 0 Å². The van der Waals surface area contributed by atoms with Gasteiger partial charge in [0, 0.05) is 53.1 Å². The van der Waals surface area contributed by atoms with Crippen molar-refractivity contribution in [3.63, 3.8) is 0 Å². The third-order valence-electron chi connectivity index (χ3n) is 5.98. The van der Waals surface area contributed by atoms with Crippen molar-refractivity contribution < 1.29 is 18.0 Å². The molecule has 0 radical (unpaired) electrons. The highest BCUT2D eigenvalue weighted by molar-refractivity contribution is 7.89. The van der Waals surface area contributed by atoms with E-state index in [9.17, 15) is 18.0 Å². The molecule has 0 unspecified atom stereocenters. The van der Waals surface area contributed by atoms with Crippen LogP contribution in [0.2, 0.25) is 5.02 Å². The molecule has 0 spiro atoms. The SMILES string of the molecule is CC(=O)c1cccc(S(=O)(=O)NCCC(=O)NC[C@@H](c2ccccc2Cl)c2c[nH]c3ccccc23)c1. The second-order valence-electron chi connectivity index (χ2n) is 8.40. The Kier molecular flexibility index (Phi) is 7.88. The molecule has 1 amide bonds. The van der Waals surface area contributed by atoms with E-state index in [1.165, 1.54) is 25.1 Å². The number of Topliss-reactive ketones (excluding diaryl/α,β-unsaturated/α-hetero) is 1. The van der Waals surface area contributed by atoms with Crippen LogP contribution in [-0.2, 0) is 14.8 Å². The Morgan fingerprint density at radius 3 is 2.50 bits per heavy atom. The first-order valence-corrected chi connectivity index (χ1v) is 13.3. The van der Waals surface area contributed by atoms with E-state index in [4.69, 9.17) is 11.6 Å². The van der Waals surface area contributed by atoms with E-state index in [-0.39, 0.29) is 42.0 Å². The van der Waals surface area contributed by atoms with Crippen LogP contribution in [0.4, 0.5) is 0 Å². The van der Waals surface area contributed by atoms with Gasteiger partial charge in [0.15, 0.2) is 5.78 Å². The largest absolute Gasteiger partial charge is 0.361 e. The van der Waals surface area contributed by atoms with E-state index in [0.717, 1.165) is 22.0 Å². The monoisotopic (exact) mass is 523 g/mol. The molecule has 4 rings (SSSR count). The highest BCUT2D eigenvalue weighted by Gasteiger charge is 2.21. The van der Waals surface area contributed by atoms with Crippen LogP contribution >= 0.6 is 11.6 Å². The van der Waals surface area contributed by atoms with Gasteiger partial charge >= 0.3 is 0 Å². The van der Waals surface area contributed by atoms with Crippen molar-refractivity contribution in [3.8, 4) is 0 Å². The molecule has 7 nitrogen and oxygen atoms in total. The maximum absolute atomic E-state index is 12.6. The van der Waals surface area contributed by atoms with Crippen molar-refractivity contribution in [1.82, 2.24) is 15.0 Å². The van der Waals surface area contributed by atoms with Gasteiger partial charge in [0.25, 0.3) is 0 Å². The minimum atomic E-state index is -3.86. The van der Waals surface area contributed by atoms with E-state index in [1.807, 2.05) is 54.7 Å². The lowest BCUT2D eigenvalue weighted by molar-refractivity contribution is -0.120. The van der Waals surface area contributed by atoms with Gasteiger partial charge in [-0.15, -0.1) is 0 Å². The predicted octanol–water partition coefficient (Wildman–Crippen LogP) is 4.64. The van der Waals surface area contributed by atoms with Gasteiger partial charge in [-0.05, 0) is 42.3 Å². The Morgan fingerprint density at radius 1 is 0.972 bits per heavy atom. The molecule has 1 heterocycles. The standard InChI is InChI=1S/C27H26ClN3O4S/c1-18(32)19-7-6-8-20(15-19)36(34,35)31-14-13-27(33)30-17-23(21-9-2-4-11-25(21)28)24-16-29-26-12-5-3-10-22(24)26/h2-12,15-16,23,29,31H,13-14,17H2,1H3,(H,30,33)/t23-/m0/s1. The molecule has 0 bridgehead atoms. The first-order valence-electron chi connectivity index (χ1n) is 11.4. The van der Waals surface area contributed by atoms with Crippen LogP contribution in [0, 0.1) is 0 Å². The first-order chi connectivity index (χ1) is 17.3. The van der Waals surface area contributed by atoms with Gasteiger partial charge in [0.05, 0.1) is 4.90 Å². The summed E-state index contributed by atoms with van der Waals surface area (Å²) in [5.74, 6) is -0.730. The number of hydrogen-bond acceptors (Lipinski definition) is 4. The Balaban J connectivity index is 1.43. The molecule has 186 valence electrons. The quantitative estimate of drug-likeness (QED) is 0.263. The number of para-hydroxylation sites is 1. The van der Waals surface area contributed by atoms with E-state index < -0.39 is 10.0 Å². The summed E-state index contributed by atoms with van der Waals surface area (Å²) in [5, 5.41) is 4.56. The fourth-order valence-electron chi connectivity index (χ4n) is 4.10. The second-order valence-corrected chi connectivity index (χ2v) is 10.6. The minimum absolute atomic E-state index is 0.0197. The molecule has 0 aliphatic heterocycles. The van der Waals surface area contributed by atoms with E-state index in [1.54, 1.807) is 6.07 Å². The third-order valence-corrected chi connectivity index (χ3v) is 7.78. The summed E-state index contributed by atoms with van der Waals surface area (Å²) in [7, 11) is -3.86. The average molecular weight is 524 g/mol. The molecular formula is C27H26ClN3O4S. The smallest absolute Gasteiger partial charge is 0.240 e. The number of amides is 1. The number of carbonyl (C=O) groups excluding carboxylic acids is 2. The van der Waals surface area contributed by atoms with Gasteiger partial charge in [-0.1, -0.05) is 60.1 Å². The number of rotatable bonds is 10. The number of benzene rings is 3. The normalized spacial score (nSPS) is 12.4. The molecule has 0 saturated carbocycles. The maximum atomic E-state index is 12.6. The molecule has 1 aromatic heterocycles. The molecule has 0 saturated heterocycles. The molecule has 0 aliphatic rings. The number of hydrogen-bond donors (Lipinski definition) is 3. The summed E-state index contributed by atoms with van der Waals surface area (Å²) in [6.45, 7) is 1.58. The van der Waals surface area contributed by atoms with Gasteiger partial charge in [0.2, 0.25) is 15.9 Å². The van der Waals surface area contributed by atoms with Crippen LogP contribution < -0.4 is 10.0 Å². The molecule has 36 heavy (non-hydrogen) atoms. The summed E-state index contributed by atoms with van der Waals surface area (Å²) in [6.07, 6.45) is 1.88. The molecule has 3 aromatic carbocycles. The van der Waals surface area contributed by atoms with Crippen LogP contribution in [0.5, 0.6) is 0 Å². The minimum Gasteiger partial charge on any atom is -0.361 e. The van der Waals surface area contributed by atoms with Crippen LogP contribution in [-0.4, -0.2) is 38.2 Å². The molecule has 0 aliphatic carbocycles. The molecule has 3 N–H and O–H groups in total. The number of halogens is 1. The molecule has 0 fully saturated rings. The number of sulfonamides is 1. The van der Waals surface area contributed by atoms with Crippen molar-refractivity contribution in [3.05, 3.63) is 101 Å². The van der Waals surface area contributed by atoms with Crippen molar-refractivity contribution in [2.24, 2.45) is 0 Å². The van der Waals surface area contributed by atoms with Crippen molar-refractivity contribution in [2.75, 3.05) is 13.1 Å². The van der Waals surface area contributed by atoms with Gasteiger partial charge in [0.1, 0.15) is 0 Å². The van der Waals surface area contributed by atoms with Gasteiger partial charge in [-0.25, -0.2) is 13.1 Å². The molecular weight excluding hydrogens is 498 g/mol.